The van der Waals surface area contributed by atoms with Crippen molar-refractivity contribution in [2.75, 3.05) is 23.3 Å². The first-order valence-electron chi connectivity index (χ1n) is 8.55. The monoisotopic (exact) mass is 407 g/mol. The first-order valence-corrected chi connectivity index (χ1v) is 9.34. The first-order chi connectivity index (χ1) is 11.9. The SMILES string of the molecule is Cc1cc(NC(C)c2cc(F)ccc2N2CCC(O)CC2)ncc1Br. The van der Waals surface area contributed by atoms with Gasteiger partial charge in [-0.1, -0.05) is 0 Å². The van der Waals surface area contributed by atoms with E-state index in [2.05, 4.69) is 31.1 Å². The van der Waals surface area contributed by atoms with E-state index in [1.54, 1.807) is 12.3 Å². The molecule has 25 heavy (non-hydrogen) atoms. The number of piperidine rings is 1. The van der Waals surface area contributed by atoms with Crippen LogP contribution in [0.3, 0.4) is 0 Å². The van der Waals surface area contributed by atoms with Crippen LogP contribution >= 0.6 is 15.9 Å². The Morgan fingerprint density at radius 2 is 2.04 bits per heavy atom. The number of benzene rings is 1. The molecule has 6 heteroatoms. The minimum atomic E-state index is -0.246. The van der Waals surface area contributed by atoms with Crippen LogP contribution in [0.5, 0.6) is 0 Å². The highest BCUT2D eigenvalue weighted by molar-refractivity contribution is 9.10. The van der Waals surface area contributed by atoms with Gasteiger partial charge in [0, 0.05) is 35.0 Å². The molecule has 1 aromatic heterocycles. The summed E-state index contributed by atoms with van der Waals surface area (Å²) < 4.78 is 14.8. The fourth-order valence-electron chi connectivity index (χ4n) is 3.18. The van der Waals surface area contributed by atoms with E-state index in [-0.39, 0.29) is 18.0 Å². The molecule has 2 heterocycles. The maximum Gasteiger partial charge on any atom is 0.126 e. The lowest BCUT2D eigenvalue weighted by Crippen LogP contribution is -2.36. The minimum absolute atomic E-state index is 0.0920. The van der Waals surface area contributed by atoms with Gasteiger partial charge in [-0.3, -0.25) is 0 Å². The molecule has 2 N–H and O–H groups in total. The molecule has 1 saturated heterocycles. The number of anilines is 2. The van der Waals surface area contributed by atoms with Crippen LogP contribution in [0, 0.1) is 12.7 Å². The normalized spacial score (nSPS) is 16.8. The van der Waals surface area contributed by atoms with E-state index in [0.717, 1.165) is 53.0 Å². The van der Waals surface area contributed by atoms with Crippen LogP contribution in [0.25, 0.3) is 0 Å². The predicted molar refractivity (Wildman–Crippen MR) is 103 cm³/mol. The average Bonchev–Trinajstić information content (AvgIpc) is 2.59. The Bertz CT molecular complexity index is 747. The summed E-state index contributed by atoms with van der Waals surface area (Å²) in [6, 6.07) is 6.80. The summed E-state index contributed by atoms with van der Waals surface area (Å²) in [6.07, 6.45) is 3.02. The van der Waals surface area contributed by atoms with Crippen molar-refractivity contribution in [3.05, 3.63) is 51.9 Å². The molecule has 0 aliphatic carbocycles. The van der Waals surface area contributed by atoms with Crippen LogP contribution in [0.4, 0.5) is 15.9 Å². The number of hydrogen-bond acceptors (Lipinski definition) is 4. The van der Waals surface area contributed by atoms with Gasteiger partial charge in [0.15, 0.2) is 0 Å². The molecule has 2 aromatic rings. The zero-order valence-electron chi connectivity index (χ0n) is 14.5. The molecule has 1 aliphatic rings. The van der Waals surface area contributed by atoms with Crippen LogP contribution < -0.4 is 10.2 Å². The summed E-state index contributed by atoms with van der Waals surface area (Å²) in [7, 11) is 0. The lowest BCUT2D eigenvalue weighted by atomic mass is 10.0. The Balaban J connectivity index is 1.84. The molecule has 1 aliphatic heterocycles. The third-order valence-corrected chi connectivity index (χ3v) is 5.50. The fraction of sp³-hybridized carbons (Fsp3) is 0.421. The molecule has 1 fully saturated rings. The fourth-order valence-corrected chi connectivity index (χ4v) is 3.40. The molecule has 3 rings (SSSR count). The molecule has 4 nitrogen and oxygen atoms in total. The maximum absolute atomic E-state index is 13.9. The summed E-state index contributed by atoms with van der Waals surface area (Å²) in [5.41, 5.74) is 3.01. The Kier molecular flexibility index (Phi) is 5.59. The maximum atomic E-state index is 13.9. The standard InChI is InChI=1S/C19H23BrFN3O/c1-12-9-19(22-11-17(12)20)23-13(2)16-10-14(21)3-4-18(16)24-7-5-15(25)6-8-24/h3-4,9-11,13,15,25H,5-8H2,1-2H3,(H,22,23). The second-order valence-electron chi connectivity index (χ2n) is 6.61. The number of aromatic nitrogens is 1. The van der Waals surface area contributed by atoms with Crippen molar-refractivity contribution < 1.29 is 9.50 Å². The van der Waals surface area contributed by atoms with Crippen LogP contribution in [0.15, 0.2) is 34.9 Å². The van der Waals surface area contributed by atoms with Crippen LogP contribution in [0.2, 0.25) is 0 Å². The highest BCUT2D eigenvalue weighted by Crippen LogP contribution is 2.31. The summed E-state index contributed by atoms with van der Waals surface area (Å²) in [5, 5.41) is 13.1. The number of nitrogens with one attached hydrogen (secondary N) is 1. The Morgan fingerprint density at radius 1 is 1.32 bits per heavy atom. The molecule has 0 amide bonds. The van der Waals surface area contributed by atoms with Crippen LogP contribution in [-0.2, 0) is 0 Å². The highest BCUT2D eigenvalue weighted by atomic mass is 79.9. The van der Waals surface area contributed by atoms with E-state index in [1.807, 2.05) is 26.0 Å². The van der Waals surface area contributed by atoms with Crippen molar-refractivity contribution in [3.8, 4) is 0 Å². The van der Waals surface area contributed by atoms with Gasteiger partial charge < -0.3 is 15.3 Å². The number of nitrogens with zero attached hydrogens (tertiary/aromatic N) is 2. The van der Waals surface area contributed by atoms with Crippen molar-refractivity contribution >= 4 is 27.4 Å². The number of rotatable bonds is 4. The van der Waals surface area contributed by atoms with Crippen molar-refractivity contribution in [2.24, 2.45) is 0 Å². The van der Waals surface area contributed by atoms with Gasteiger partial charge in [-0.05, 0) is 72.4 Å². The minimum Gasteiger partial charge on any atom is -0.393 e. The summed E-state index contributed by atoms with van der Waals surface area (Å²) >= 11 is 3.45. The highest BCUT2D eigenvalue weighted by Gasteiger charge is 2.22. The second-order valence-corrected chi connectivity index (χ2v) is 7.46. The lowest BCUT2D eigenvalue weighted by Gasteiger charge is -2.34. The van der Waals surface area contributed by atoms with Crippen molar-refractivity contribution in [3.63, 3.8) is 0 Å². The molecule has 0 saturated carbocycles. The van der Waals surface area contributed by atoms with Crippen LogP contribution in [0.1, 0.15) is 36.9 Å². The smallest absolute Gasteiger partial charge is 0.126 e. The topological polar surface area (TPSA) is 48.4 Å². The predicted octanol–water partition coefficient (Wildman–Crippen LogP) is 4.43. The van der Waals surface area contributed by atoms with Gasteiger partial charge in [-0.2, -0.15) is 0 Å². The van der Waals surface area contributed by atoms with E-state index >= 15 is 0 Å². The molecule has 1 atom stereocenters. The number of aryl methyl sites for hydroxylation is 1. The van der Waals surface area contributed by atoms with Gasteiger partial charge in [-0.25, -0.2) is 9.37 Å². The number of aliphatic hydroxyl groups excluding tert-OH is 1. The first kappa shape index (κ1) is 18.1. The van der Waals surface area contributed by atoms with E-state index in [0.29, 0.717) is 0 Å². The van der Waals surface area contributed by atoms with E-state index in [1.165, 1.54) is 6.07 Å². The lowest BCUT2D eigenvalue weighted by molar-refractivity contribution is 0.145. The number of aliphatic hydroxyl groups is 1. The second kappa shape index (κ2) is 7.70. The van der Waals surface area contributed by atoms with Gasteiger partial charge in [0.2, 0.25) is 0 Å². The van der Waals surface area contributed by atoms with Gasteiger partial charge in [-0.15, -0.1) is 0 Å². The Hall–Kier alpha value is -1.66. The molecule has 0 radical (unpaired) electrons. The zero-order valence-corrected chi connectivity index (χ0v) is 16.1. The molecule has 134 valence electrons. The summed E-state index contributed by atoms with van der Waals surface area (Å²) in [4.78, 5) is 6.60. The van der Waals surface area contributed by atoms with E-state index in [4.69, 9.17) is 0 Å². The summed E-state index contributed by atoms with van der Waals surface area (Å²) in [6.45, 7) is 5.58. The summed E-state index contributed by atoms with van der Waals surface area (Å²) in [5.74, 6) is 0.516. The zero-order chi connectivity index (χ0) is 18.0. The third kappa shape index (κ3) is 4.30. The quantitative estimate of drug-likeness (QED) is 0.786. The Morgan fingerprint density at radius 3 is 2.72 bits per heavy atom. The molecule has 0 bridgehead atoms. The number of hydrogen-bond donors (Lipinski definition) is 2. The third-order valence-electron chi connectivity index (χ3n) is 4.67. The molecule has 1 aromatic carbocycles. The molecule has 0 spiro atoms. The number of pyridine rings is 1. The molecular formula is C19H23BrFN3O. The van der Waals surface area contributed by atoms with Crippen molar-refractivity contribution in [1.82, 2.24) is 4.98 Å². The van der Waals surface area contributed by atoms with Gasteiger partial charge in [0.25, 0.3) is 0 Å². The van der Waals surface area contributed by atoms with Crippen LogP contribution in [-0.4, -0.2) is 29.3 Å². The van der Waals surface area contributed by atoms with E-state index in [9.17, 15) is 9.50 Å². The van der Waals surface area contributed by atoms with Gasteiger partial charge in [0.1, 0.15) is 11.6 Å². The van der Waals surface area contributed by atoms with Gasteiger partial charge >= 0.3 is 0 Å². The molecule has 1 unspecified atom stereocenters. The Labute approximate surface area is 156 Å². The average molecular weight is 408 g/mol. The number of halogens is 2. The van der Waals surface area contributed by atoms with Crippen molar-refractivity contribution in [2.45, 2.75) is 38.8 Å². The van der Waals surface area contributed by atoms with Crippen molar-refractivity contribution in [1.29, 1.82) is 0 Å². The largest absolute Gasteiger partial charge is 0.393 e. The van der Waals surface area contributed by atoms with E-state index < -0.39 is 0 Å². The van der Waals surface area contributed by atoms with Gasteiger partial charge in [0.05, 0.1) is 12.1 Å². The molecular weight excluding hydrogens is 385 g/mol.